The average molecular weight is 674 g/mol. The molecule has 7 aromatic carbocycles. The molecule has 0 aliphatic heterocycles. The Morgan fingerprint density at radius 1 is 0.300 bits per heavy atom. The number of thiophene rings is 2. The lowest BCUT2D eigenvalue weighted by atomic mass is 9.90. The van der Waals surface area contributed by atoms with Crippen LogP contribution < -0.4 is 0 Å². The summed E-state index contributed by atoms with van der Waals surface area (Å²) in [7, 11) is 0. The Balaban J connectivity index is 1.23. The molecule has 0 radical (unpaired) electrons. The van der Waals surface area contributed by atoms with Gasteiger partial charge >= 0.3 is 0 Å². The second-order valence-corrected chi connectivity index (χ2v) is 14.6. The zero-order chi connectivity index (χ0) is 33.0. The maximum atomic E-state index is 5.08. The number of nitrogens with zero attached hydrogens (tertiary/aromatic N) is 3. The summed E-state index contributed by atoms with van der Waals surface area (Å²) in [6, 6.07) is 58.0. The van der Waals surface area contributed by atoms with Gasteiger partial charge in [0.05, 0.1) is 0 Å². The van der Waals surface area contributed by atoms with Crippen molar-refractivity contribution in [2.75, 3.05) is 0 Å². The third-order valence-electron chi connectivity index (χ3n) is 9.36. The van der Waals surface area contributed by atoms with Gasteiger partial charge in [-0.25, -0.2) is 15.0 Å². The molecule has 10 aromatic rings. The predicted molar refractivity (Wildman–Crippen MR) is 213 cm³/mol. The van der Waals surface area contributed by atoms with Crippen molar-refractivity contribution in [1.29, 1.82) is 0 Å². The number of aromatic nitrogens is 3. The topological polar surface area (TPSA) is 38.7 Å². The van der Waals surface area contributed by atoms with E-state index in [2.05, 4.69) is 127 Å². The van der Waals surface area contributed by atoms with Crippen molar-refractivity contribution in [2.45, 2.75) is 0 Å². The molecule has 0 aliphatic carbocycles. The Bertz CT molecular complexity index is 2810. The quantitative estimate of drug-likeness (QED) is 0.182. The first-order valence-corrected chi connectivity index (χ1v) is 18.2. The maximum Gasteiger partial charge on any atom is 0.164 e. The predicted octanol–water partition coefficient (Wildman–Crippen LogP) is 12.9. The number of benzene rings is 7. The second-order valence-electron chi connectivity index (χ2n) is 12.4. The maximum absolute atomic E-state index is 5.08. The molecule has 0 atom stereocenters. The van der Waals surface area contributed by atoms with E-state index in [-0.39, 0.29) is 0 Å². The lowest BCUT2D eigenvalue weighted by Gasteiger charge is -2.15. The number of hydrogen-bond donors (Lipinski definition) is 0. The van der Waals surface area contributed by atoms with E-state index in [1.807, 2.05) is 59.1 Å². The van der Waals surface area contributed by atoms with Gasteiger partial charge in [0.1, 0.15) is 0 Å². The number of rotatable bonds is 5. The molecule has 0 N–H and O–H groups in total. The highest BCUT2D eigenvalue weighted by Gasteiger charge is 2.19. The lowest BCUT2D eigenvalue weighted by Crippen LogP contribution is -2.00. The molecule has 10 rings (SSSR count). The molecule has 0 saturated heterocycles. The molecule has 0 amide bonds. The summed E-state index contributed by atoms with van der Waals surface area (Å²) in [5.41, 5.74) is 7.57. The monoisotopic (exact) mass is 673 g/mol. The Labute approximate surface area is 296 Å². The zero-order valence-electron chi connectivity index (χ0n) is 26.7. The molecule has 3 aromatic heterocycles. The van der Waals surface area contributed by atoms with Crippen LogP contribution in [-0.4, -0.2) is 15.0 Å². The standard InChI is InChI=1S/C45H27N3S2/c1-3-12-28(13-4-1)43-46-44(29-14-5-2-6-15-29)48-45(47-43)31-23-24-32(35-18-11-21-40-42(35)36-17-8-10-20-39(36)49-40)37(26-31)30-22-25-34-33-16-7-9-19-38(33)50-41(34)27-30/h1-27H. The first-order chi connectivity index (χ1) is 24.8. The van der Waals surface area contributed by atoms with Crippen LogP contribution in [-0.2, 0) is 0 Å². The second kappa shape index (κ2) is 11.8. The highest BCUT2D eigenvalue weighted by Crippen LogP contribution is 2.45. The molecule has 3 nitrogen and oxygen atoms in total. The van der Waals surface area contributed by atoms with Gasteiger partial charge in [-0.1, -0.05) is 133 Å². The van der Waals surface area contributed by atoms with Gasteiger partial charge in [0.25, 0.3) is 0 Å². The summed E-state index contributed by atoms with van der Waals surface area (Å²) in [5.74, 6) is 1.95. The van der Waals surface area contributed by atoms with Crippen LogP contribution in [0.15, 0.2) is 164 Å². The van der Waals surface area contributed by atoms with Crippen LogP contribution in [0.1, 0.15) is 0 Å². The molecule has 0 unspecified atom stereocenters. The molecular weight excluding hydrogens is 647 g/mol. The normalized spacial score (nSPS) is 11.6. The molecule has 0 aliphatic rings. The van der Waals surface area contributed by atoms with Crippen molar-refractivity contribution in [1.82, 2.24) is 15.0 Å². The number of hydrogen-bond acceptors (Lipinski definition) is 5. The number of fused-ring (bicyclic) bond motifs is 6. The van der Waals surface area contributed by atoms with Crippen LogP contribution in [0.3, 0.4) is 0 Å². The van der Waals surface area contributed by atoms with Crippen molar-refractivity contribution >= 4 is 63.0 Å². The van der Waals surface area contributed by atoms with E-state index in [9.17, 15) is 0 Å². The zero-order valence-corrected chi connectivity index (χ0v) is 28.4. The van der Waals surface area contributed by atoms with Crippen LogP contribution in [0.5, 0.6) is 0 Å². The molecule has 5 heteroatoms. The summed E-state index contributed by atoms with van der Waals surface area (Å²) >= 11 is 3.70. The SMILES string of the molecule is c1ccc(-c2nc(-c3ccccc3)nc(-c3ccc(-c4cccc5sc6ccccc6c45)c(-c4ccc5c(c4)sc4ccccc45)c3)n2)cc1. The van der Waals surface area contributed by atoms with Crippen molar-refractivity contribution in [3.05, 3.63) is 164 Å². The van der Waals surface area contributed by atoms with Crippen LogP contribution in [0, 0.1) is 0 Å². The summed E-state index contributed by atoms with van der Waals surface area (Å²) in [4.78, 5) is 15.1. The fraction of sp³-hybridized carbons (Fsp3) is 0. The van der Waals surface area contributed by atoms with Gasteiger partial charge in [0.2, 0.25) is 0 Å². The van der Waals surface area contributed by atoms with Crippen LogP contribution in [0.25, 0.3) is 96.8 Å². The van der Waals surface area contributed by atoms with E-state index in [4.69, 9.17) is 15.0 Å². The lowest BCUT2D eigenvalue weighted by molar-refractivity contribution is 1.07. The van der Waals surface area contributed by atoms with Gasteiger partial charge in [-0.2, -0.15) is 0 Å². The van der Waals surface area contributed by atoms with E-state index in [0.29, 0.717) is 17.5 Å². The largest absolute Gasteiger partial charge is 0.208 e. The van der Waals surface area contributed by atoms with Crippen molar-refractivity contribution < 1.29 is 0 Å². The molecule has 234 valence electrons. The highest BCUT2D eigenvalue weighted by atomic mass is 32.1. The van der Waals surface area contributed by atoms with Crippen LogP contribution in [0.4, 0.5) is 0 Å². The van der Waals surface area contributed by atoms with Gasteiger partial charge in [-0.05, 0) is 52.6 Å². The molecule has 0 bridgehead atoms. The third-order valence-corrected chi connectivity index (χ3v) is 11.6. The fourth-order valence-corrected chi connectivity index (χ4v) is 9.26. The van der Waals surface area contributed by atoms with Gasteiger partial charge in [0, 0.05) is 57.0 Å². The first-order valence-electron chi connectivity index (χ1n) is 16.6. The molecular formula is C45H27N3S2. The van der Waals surface area contributed by atoms with E-state index >= 15 is 0 Å². The molecule has 0 saturated carbocycles. The summed E-state index contributed by atoms with van der Waals surface area (Å²) in [6.45, 7) is 0. The van der Waals surface area contributed by atoms with Crippen LogP contribution >= 0.6 is 22.7 Å². The van der Waals surface area contributed by atoms with E-state index in [1.165, 1.54) is 51.5 Å². The first kappa shape index (κ1) is 29.0. The van der Waals surface area contributed by atoms with Gasteiger partial charge in [-0.15, -0.1) is 22.7 Å². The van der Waals surface area contributed by atoms with E-state index < -0.39 is 0 Å². The van der Waals surface area contributed by atoms with Crippen molar-refractivity contribution in [2.24, 2.45) is 0 Å². The molecule has 50 heavy (non-hydrogen) atoms. The highest BCUT2D eigenvalue weighted by molar-refractivity contribution is 7.26. The van der Waals surface area contributed by atoms with E-state index in [0.717, 1.165) is 27.8 Å². The minimum atomic E-state index is 0.646. The minimum absolute atomic E-state index is 0.646. The smallest absolute Gasteiger partial charge is 0.164 e. The minimum Gasteiger partial charge on any atom is -0.208 e. The molecule has 0 fully saturated rings. The van der Waals surface area contributed by atoms with Crippen molar-refractivity contribution in [3.63, 3.8) is 0 Å². The van der Waals surface area contributed by atoms with Crippen LogP contribution in [0.2, 0.25) is 0 Å². The summed E-state index contributed by atoms with van der Waals surface area (Å²) in [6.07, 6.45) is 0. The fourth-order valence-electron chi connectivity index (χ4n) is 6.99. The molecule has 0 spiro atoms. The molecule has 3 heterocycles. The Hall–Kier alpha value is -6.01. The van der Waals surface area contributed by atoms with E-state index in [1.54, 1.807) is 0 Å². The Morgan fingerprint density at radius 3 is 1.56 bits per heavy atom. The Kier molecular flexibility index (Phi) is 6.86. The van der Waals surface area contributed by atoms with Gasteiger partial charge in [0.15, 0.2) is 17.5 Å². The van der Waals surface area contributed by atoms with Crippen molar-refractivity contribution in [3.8, 4) is 56.4 Å². The summed E-state index contributed by atoms with van der Waals surface area (Å²) in [5, 5.41) is 5.17. The average Bonchev–Trinajstić information content (AvgIpc) is 3.76. The third kappa shape index (κ3) is 4.90. The Morgan fingerprint density at radius 2 is 0.840 bits per heavy atom. The van der Waals surface area contributed by atoms with Gasteiger partial charge < -0.3 is 0 Å². The summed E-state index contributed by atoms with van der Waals surface area (Å²) < 4.78 is 5.16. The van der Waals surface area contributed by atoms with Gasteiger partial charge in [-0.3, -0.25) is 0 Å².